The largest absolute Gasteiger partial charge is 0.244 e. The molecular weight excluding hydrogens is 414 g/mol. The SMILES string of the molecule is Cc1sc(Br)cc1S(=O)(=O)N1CCC(C(C)Br)CC1. The van der Waals surface area contributed by atoms with Crippen molar-refractivity contribution in [3.8, 4) is 0 Å². The van der Waals surface area contributed by atoms with Gasteiger partial charge in [-0.25, -0.2) is 8.42 Å². The van der Waals surface area contributed by atoms with E-state index in [1.165, 1.54) is 11.3 Å². The molecule has 0 spiro atoms. The quantitative estimate of drug-likeness (QED) is 0.679. The number of piperidine rings is 1. The van der Waals surface area contributed by atoms with E-state index in [1.807, 2.05) is 6.92 Å². The van der Waals surface area contributed by atoms with Crippen molar-refractivity contribution < 1.29 is 8.42 Å². The predicted octanol–water partition coefficient (Wildman–Crippen LogP) is 4.00. The minimum Gasteiger partial charge on any atom is -0.207 e. The molecule has 1 saturated heterocycles. The van der Waals surface area contributed by atoms with Gasteiger partial charge in [-0.15, -0.1) is 11.3 Å². The molecule has 1 atom stereocenters. The second kappa shape index (κ2) is 6.13. The Hall–Kier alpha value is 0.570. The Morgan fingerprint density at radius 3 is 2.42 bits per heavy atom. The van der Waals surface area contributed by atoms with E-state index < -0.39 is 10.0 Å². The van der Waals surface area contributed by atoms with Crippen LogP contribution in [0.1, 0.15) is 24.6 Å². The average molecular weight is 431 g/mol. The van der Waals surface area contributed by atoms with E-state index in [0.29, 0.717) is 28.7 Å². The smallest absolute Gasteiger partial charge is 0.207 e. The summed E-state index contributed by atoms with van der Waals surface area (Å²) in [4.78, 5) is 1.76. The highest BCUT2D eigenvalue weighted by Crippen LogP contribution is 2.34. The van der Waals surface area contributed by atoms with E-state index in [4.69, 9.17) is 0 Å². The van der Waals surface area contributed by atoms with Crippen LogP contribution in [-0.2, 0) is 10.0 Å². The maximum absolute atomic E-state index is 12.6. The molecule has 0 amide bonds. The van der Waals surface area contributed by atoms with Crippen LogP contribution in [0.15, 0.2) is 14.7 Å². The summed E-state index contributed by atoms with van der Waals surface area (Å²) in [6.45, 7) is 5.23. The molecule has 3 nitrogen and oxygen atoms in total. The van der Waals surface area contributed by atoms with Crippen LogP contribution in [-0.4, -0.2) is 30.6 Å². The first-order chi connectivity index (χ1) is 8.82. The van der Waals surface area contributed by atoms with E-state index in [0.717, 1.165) is 21.5 Å². The minimum atomic E-state index is -3.32. The predicted molar refractivity (Wildman–Crippen MR) is 86.6 cm³/mol. The Morgan fingerprint density at radius 1 is 1.42 bits per heavy atom. The number of hydrogen-bond acceptors (Lipinski definition) is 3. The summed E-state index contributed by atoms with van der Waals surface area (Å²) in [6, 6.07) is 1.72. The van der Waals surface area contributed by atoms with Crippen molar-refractivity contribution in [2.24, 2.45) is 5.92 Å². The molecule has 1 aliphatic rings. The fraction of sp³-hybridized carbons (Fsp3) is 0.667. The van der Waals surface area contributed by atoms with Crippen molar-refractivity contribution in [1.82, 2.24) is 4.31 Å². The molecule has 1 aromatic rings. The fourth-order valence-corrected chi connectivity index (χ4v) is 6.78. The van der Waals surface area contributed by atoms with E-state index in [9.17, 15) is 8.42 Å². The second-order valence-electron chi connectivity index (χ2n) is 4.89. The summed E-state index contributed by atoms with van der Waals surface area (Å²) in [6.07, 6.45) is 1.85. The zero-order valence-corrected chi connectivity index (χ0v) is 15.7. The lowest BCUT2D eigenvalue weighted by Crippen LogP contribution is -2.39. The Balaban J connectivity index is 2.16. The van der Waals surface area contributed by atoms with Gasteiger partial charge in [0.2, 0.25) is 10.0 Å². The van der Waals surface area contributed by atoms with Gasteiger partial charge in [-0.3, -0.25) is 0 Å². The standard InChI is InChI=1S/C12H17Br2NO2S2/c1-8(13)10-3-5-15(6-4-10)19(16,17)11-7-12(14)18-9(11)2/h7-8,10H,3-6H2,1-2H3. The third-order valence-corrected chi connectivity index (χ3v) is 8.06. The minimum absolute atomic E-state index is 0.453. The van der Waals surface area contributed by atoms with Gasteiger partial charge < -0.3 is 0 Å². The van der Waals surface area contributed by atoms with Gasteiger partial charge in [0.25, 0.3) is 0 Å². The molecule has 0 radical (unpaired) electrons. The molecule has 0 aliphatic carbocycles. The molecule has 2 rings (SSSR count). The zero-order valence-electron chi connectivity index (χ0n) is 10.9. The molecule has 1 aromatic heterocycles. The van der Waals surface area contributed by atoms with Crippen LogP contribution in [0.5, 0.6) is 0 Å². The number of thiophene rings is 1. The highest BCUT2D eigenvalue weighted by atomic mass is 79.9. The fourth-order valence-electron chi connectivity index (χ4n) is 2.40. The topological polar surface area (TPSA) is 37.4 Å². The van der Waals surface area contributed by atoms with Crippen LogP contribution < -0.4 is 0 Å². The third-order valence-electron chi connectivity index (χ3n) is 3.61. The van der Waals surface area contributed by atoms with Gasteiger partial charge in [-0.05, 0) is 47.7 Å². The van der Waals surface area contributed by atoms with Crippen molar-refractivity contribution in [3.63, 3.8) is 0 Å². The molecule has 2 heterocycles. The van der Waals surface area contributed by atoms with Gasteiger partial charge in [0.05, 0.1) is 8.68 Å². The van der Waals surface area contributed by atoms with E-state index in [-0.39, 0.29) is 0 Å². The van der Waals surface area contributed by atoms with Crippen molar-refractivity contribution >= 4 is 53.2 Å². The number of hydrogen-bond donors (Lipinski definition) is 0. The maximum Gasteiger partial charge on any atom is 0.244 e. The number of nitrogens with zero attached hydrogens (tertiary/aromatic N) is 1. The number of sulfonamides is 1. The number of aryl methyl sites for hydroxylation is 1. The molecule has 1 aliphatic heterocycles. The van der Waals surface area contributed by atoms with E-state index in [2.05, 4.69) is 38.8 Å². The molecule has 19 heavy (non-hydrogen) atoms. The summed E-state index contributed by atoms with van der Waals surface area (Å²) >= 11 is 8.42. The molecule has 0 aromatic carbocycles. The van der Waals surface area contributed by atoms with Crippen molar-refractivity contribution in [1.29, 1.82) is 0 Å². The summed E-state index contributed by atoms with van der Waals surface area (Å²) in [5, 5.41) is 0. The summed E-state index contributed by atoms with van der Waals surface area (Å²) < 4.78 is 27.7. The summed E-state index contributed by atoms with van der Waals surface area (Å²) in [5.74, 6) is 0.571. The third kappa shape index (κ3) is 3.43. The van der Waals surface area contributed by atoms with E-state index >= 15 is 0 Å². The van der Waals surface area contributed by atoms with Gasteiger partial charge in [0, 0.05) is 22.8 Å². The summed E-state index contributed by atoms with van der Waals surface area (Å²) in [5.41, 5.74) is 0. The Morgan fingerprint density at radius 2 is 2.00 bits per heavy atom. The highest BCUT2D eigenvalue weighted by Gasteiger charge is 2.32. The van der Waals surface area contributed by atoms with Crippen LogP contribution in [0.4, 0.5) is 0 Å². The molecule has 1 unspecified atom stereocenters. The lowest BCUT2D eigenvalue weighted by molar-refractivity contribution is 0.275. The lowest BCUT2D eigenvalue weighted by Gasteiger charge is -2.32. The first kappa shape index (κ1) is 15.9. The van der Waals surface area contributed by atoms with Gasteiger partial charge >= 0.3 is 0 Å². The zero-order chi connectivity index (χ0) is 14.2. The summed E-state index contributed by atoms with van der Waals surface area (Å²) in [7, 11) is -3.32. The molecule has 7 heteroatoms. The Kier molecular flexibility index (Phi) is 5.15. The molecular formula is C12H17Br2NO2S2. The second-order valence-corrected chi connectivity index (χ2v) is 10.9. The van der Waals surface area contributed by atoms with Crippen LogP contribution in [0.2, 0.25) is 0 Å². The first-order valence-electron chi connectivity index (χ1n) is 6.22. The number of alkyl halides is 1. The Labute approximate surface area is 135 Å². The number of rotatable bonds is 3. The van der Waals surface area contributed by atoms with Crippen molar-refractivity contribution in [3.05, 3.63) is 14.7 Å². The molecule has 0 saturated carbocycles. The maximum atomic E-state index is 12.6. The lowest BCUT2D eigenvalue weighted by atomic mass is 9.96. The van der Waals surface area contributed by atoms with Crippen LogP contribution in [0, 0.1) is 12.8 Å². The van der Waals surface area contributed by atoms with Gasteiger partial charge in [0.15, 0.2) is 0 Å². The molecule has 0 bridgehead atoms. The highest BCUT2D eigenvalue weighted by molar-refractivity contribution is 9.11. The Bertz CT molecular complexity index is 546. The van der Waals surface area contributed by atoms with Gasteiger partial charge in [-0.1, -0.05) is 22.9 Å². The van der Waals surface area contributed by atoms with Crippen LogP contribution in [0.25, 0.3) is 0 Å². The normalized spacial score (nSPS) is 20.6. The van der Waals surface area contributed by atoms with E-state index in [1.54, 1.807) is 10.4 Å². The monoisotopic (exact) mass is 429 g/mol. The van der Waals surface area contributed by atoms with Crippen LogP contribution >= 0.6 is 43.2 Å². The number of halogens is 2. The average Bonchev–Trinajstić information content (AvgIpc) is 2.69. The molecule has 1 fully saturated rings. The van der Waals surface area contributed by atoms with Crippen LogP contribution in [0.3, 0.4) is 0 Å². The molecule has 0 N–H and O–H groups in total. The van der Waals surface area contributed by atoms with Crippen molar-refractivity contribution in [2.75, 3.05) is 13.1 Å². The molecule has 108 valence electrons. The van der Waals surface area contributed by atoms with Crippen molar-refractivity contribution in [2.45, 2.75) is 36.4 Å². The van der Waals surface area contributed by atoms with Gasteiger partial charge in [-0.2, -0.15) is 4.31 Å². The first-order valence-corrected chi connectivity index (χ1v) is 10.2. The van der Waals surface area contributed by atoms with Gasteiger partial charge in [0.1, 0.15) is 0 Å².